The monoisotopic (exact) mass is 227 g/mol. The maximum absolute atomic E-state index is 9.87. The van der Waals surface area contributed by atoms with E-state index in [1.807, 2.05) is 36.4 Å². The SMILES string of the molecule is COc1ccc2cc(C(C)(O)C#N)ccc2c1. The Balaban J connectivity index is 2.57. The van der Waals surface area contributed by atoms with Gasteiger partial charge in [0.15, 0.2) is 5.60 Å². The molecule has 0 saturated heterocycles. The second kappa shape index (κ2) is 4.08. The number of benzene rings is 2. The van der Waals surface area contributed by atoms with Crippen LogP contribution in [0.1, 0.15) is 12.5 Å². The summed E-state index contributed by atoms with van der Waals surface area (Å²) >= 11 is 0. The van der Waals surface area contributed by atoms with E-state index in [4.69, 9.17) is 10.00 Å². The van der Waals surface area contributed by atoms with Gasteiger partial charge in [-0.25, -0.2) is 0 Å². The molecule has 0 radical (unpaired) electrons. The summed E-state index contributed by atoms with van der Waals surface area (Å²) in [5.41, 5.74) is -0.855. The third kappa shape index (κ3) is 2.08. The molecule has 0 aliphatic rings. The molecule has 0 aromatic heterocycles. The zero-order valence-corrected chi connectivity index (χ0v) is 9.77. The van der Waals surface area contributed by atoms with E-state index in [1.165, 1.54) is 6.92 Å². The van der Waals surface area contributed by atoms with Crippen LogP contribution in [0.4, 0.5) is 0 Å². The Hall–Kier alpha value is -2.05. The first-order valence-electron chi connectivity index (χ1n) is 5.29. The summed E-state index contributed by atoms with van der Waals surface area (Å²) in [5, 5.41) is 20.7. The molecule has 3 heteroatoms. The second-order valence-corrected chi connectivity index (χ2v) is 4.11. The van der Waals surface area contributed by atoms with Crippen molar-refractivity contribution in [3.8, 4) is 11.8 Å². The molecule has 2 aromatic rings. The maximum Gasteiger partial charge on any atom is 0.173 e. The van der Waals surface area contributed by atoms with Gasteiger partial charge in [0.25, 0.3) is 0 Å². The Morgan fingerprint density at radius 1 is 1.18 bits per heavy atom. The predicted octanol–water partition coefficient (Wildman–Crippen LogP) is 2.58. The van der Waals surface area contributed by atoms with Gasteiger partial charge >= 0.3 is 0 Å². The largest absolute Gasteiger partial charge is 0.497 e. The average Bonchev–Trinajstić information content (AvgIpc) is 2.37. The first kappa shape index (κ1) is 11.4. The quantitative estimate of drug-likeness (QED) is 0.802. The van der Waals surface area contributed by atoms with Crippen LogP contribution in [0.2, 0.25) is 0 Å². The third-order valence-electron chi connectivity index (χ3n) is 2.83. The van der Waals surface area contributed by atoms with Crippen LogP contribution >= 0.6 is 0 Å². The molecule has 1 unspecified atom stereocenters. The van der Waals surface area contributed by atoms with Crippen molar-refractivity contribution >= 4 is 10.8 Å². The minimum atomic E-state index is -1.45. The Morgan fingerprint density at radius 3 is 2.47 bits per heavy atom. The zero-order chi connectivity index (χ0) is 12.5. The molecule has 0 aliphatic heterocycles. The molecule has 86 valence electrons. The van der Waals surface area contributed by atoms with Gasteiger partial charge in [0, 0.05) is 0 Å². The van der Waals surface area contributed by atoms with Crippen LogP contribution in [-0.4, -0.2) is 12.2 Å². The topological polar surface area (TPSA) is 53.2 Å². The van der Waals surface area contributed by atoms with Gasteiger partial charge in [0.05, 0.1) is 7.11 Å². The fourth-order valence-corrected chi connectivity index (χ4v) is 1.72. The van der Waals surface area contributed by atoms with Crippen LogP contribution in [0.25, 0.3) is 10.8 Å². The first-order valence-corrected chi connectivity index (χ1v) is 5.29. The molecule has 0 fully saturated rings. The molecule has 1 atom stereocenters. The number of aliphatic hydroxyl groups is 1. The molecule has 2 aromatic carbocycles. The first-order chi connectivity index (χ1) is 8.06. The van der Waals surface area contributed by atoms with Crippen molar-refractivity contribution in [1.82, 2.24) is 0 Å². The molecule has 0 bridgehead atoms. The zero-order valence-electron chi connectivity index (χ0n) is 9.77. The summed E-state index contributed by atoms with van der Waals surface area (Å²) in [5.74, 6) is 0.789. The molecule has 0 aliphatic carbocycles. The molecule has 17 heavy (non-hydrogen) atoms. The smallest absolute Gasteiger partial charge is 0.173 e. The maximum atomic E-state index is 9.87. The van der Waals surface area contributed by atoms with E-state index in [0.29, 0.717) is 5.56 Å². The molecular formula is C14H13NO2. The summed E-state index contributed by atoms with van der Waals surface area (Å²) in [6.07, 6.45) is 0. The average molecular weight is 227 g/mol. The number of hydrogen-bond donors (Lipinski definition) is 1. The fraction of sp³-hybridized carbons (Fsp3) is 0.214. The van der Waals surface area contributed by atoms with E-state index in [-0.39, 0.29) is 0 Å². The molecule has 2 rings (SSSR count). The lowest BCUT2D eigenvalue weighted by Crippen LogP contribution is -2.17. The van der Waals surface area contributed by atoms with Gasteiger partial charge in [0.1, 0.15) is 11.8 Å². The van der Waals surface area contributed by atoms with Crippen molar-refractivity contribution in [2.45, 2.75) is 12.5 Å². The van der Waals surface area contributed by atoms with Gasteiger partial charge in [-0.1, -0.05) is 18.2 Å². The van der Waals surface area contributed by atoms with E-state index in [9.17, 15) is 5.11 Å². The van der Waals surface area contributed by atoms with Gasteiger partial charge in [-0.05, 0) is 41.5 Å². The summed E-state index contributed by atoms with van der Waals surface area (Å²) in [6, 6.07) is 13.0. The molecule has 0 heterocycles. The third-order valence-corrected chi connectivity index (χ3v) is 2.83. The Kier molecular flexibility index (Phi) is 2.74. The van der Waals surface area contributed by atoms with Gasteiger partial charge in [-0.3, -0.25) is 0 Å². The number of methoxy groups -OCH3 is 1. The number of rotatable bonds is 2. The van der Waals surface area contributed by atoms with Crippen LogP contribution in [0.15, 0.2) is 36.4 Å². The molecule has 0 spiro atoms. The van der Waals surface area contributed by atoms with Gasteiger partial charge in [-0.15, -0.1) is 0 Å². The van der Waals surface area contributed by atoms with Crippen LogP contribution in [0.5, 0.6) is 5.75 Å². The van der Waals surface area contributed by atoms with Crippen molar-refractivity contribution < 1.29 is 9.84 Å². The van der Waals surface area contributed by atoms with Crippen molar-refractivity contribution in [3.63, 3.8) is 0 Å². The highest BCUT2D eigenvalue weighted by atomic mass is 16.5. The summed E-state index contributed by atoms with van der Waals surface area (Å²) in [7, 11) is 1.62. The lowest BCUT2D eigenvalue weighted by atomic mass is 9.95. The van der Waals surface area contributed by atoms with Crippen molar-refractivity contribution in [3.05, 3.63) is 42.0 Å². The van der Waals surface area contributed by atoms with Gasteiger partial charge in [0.2, 0.25) is 0 Å². The lowest BCUT2D eigenvalue weighted by Gasteiger charge is -2.15. The number of ether oxygens (including phenoxy) is 1. The Labute approximate surface area is 99.9 Å². The molecular weight excluding hydrogens is 214 g/mol. The minimum absolute atomic E-state index is 0.595. The molecule has 0 saturated carbocycles. The normalized spacial score (nSPS) is 14.0. The second-order valence-electron chi connectivity index (χ2n) is 4.11. The van der Waals surface area contributed by atoms with Crippen LogP contribution in [0, 0.1) is 11.3 Å². The van der Waals surface area contributed by atoms with Gasteiger partial charge < -0.3 is 9.84 Å². The Morgan fingerprint density at radius 2 is 1.82 bits per heavy atom. The fourth-order valence-electron chi connectivity index (χ4n) is 1.72. The minimum Gasteiger partial charge on any atom is -0.497 e. The number of nitriles is 1. The molecule has 3 nitrogen and oxygen atoms in total. The number of hydrogen-bond acceptors (Lipinski definition) is 3. The van der Waals surface area contributed by atoms with Crippen molar-refractivity contribution in [2.75, 3.05) is 7.11 Å². The predicted molar refractivity (Wildman–Crippen MR) is 65.7 cm³/mol. The highest BCUT2D eigenvalue weighted by molar-refractivity contribution is 5.84. The number of fused-ring (bicyclic) bond motifs is 1. The highest BCUT2D eigenvalue weighted by Crippen LogP contribution is 2.26. The van der Waals surface area contributed by atoms with Gasteiger partial charge in [-0.2, -0.15) is 5.26 Å². The molecule has 0 amide bonds. The van der Waals surface area contributed by atoms with E-state index in [0.717, 1.165) is 16.5 Å². The Bertz CT molecular complexity index is 597. The standard InChI is InChI=1S/C14H13NO2/c1-14(16,9-15)12-5-3-11-8-13(17-2)6-4-10(11)7-12/h3-8,16H,1-2H3. The molecule has 1 N–H and O–H groups in total. The van der Waals surface area contributed by atoms with Crippen molar-refractivity contribution in [2.24, 2.45) is 0 Å². The van der Waals surface area contributed by atoms with E-state index < -0.39 is 5.60 Å². The van der Waals surface area contributed by atoms with Crippen LogP contribution in [-0.2, 0) is 5.60 Å². The number of nitrogens with zero attached hydrogens (tertiary/aromatic N) is 1. The van der Waals surface area contributed by atoms with E-state index >= 15 is 0 Å². The lowest BCUT2D eigenvalue weighted by molar-refractivity contribution is 0.120. The van der Waals surface area contributed by atoms with Crippen LogP contribution < -0.4 is 4.74 Å². The summed E-state index contributed by atoms with van der Waals surface area (Å²) in [4.78, 5) is 0. The van der Waals surface area contributed by atoms with E-state index in [1.54, 1.807) is 13.2 Å². The van der Waals surface area contributed by atoms with E-state index in [2.05, 4.69) is 0 Å². The van der Waals surface area contributed by atoms with Crippen LogP contribution in [0.3, 0.4) is 0 Å². The summed E-state index contributed by atoms with van der Waals surface area (Å²) < 4.78 is 5.14. The van der Waals surface area contributed by atoms with Crippen molar-refractivity contribution in [1.29, 1.82) is 5.26 Å². The highest BCUT2D eigenvalue weighted by Gasteiger charge is 2.22. The summed E-state index contributed by atoms with van der Waals surface area (Å²) in [6.45, 7) is 1.48.